The zero-order valence-electron chi connectivity index (χ0n) is 18.2. The normalized spacial score (nSPS) is 22.1. The molecule has 0 aromatic heterocycles. The molecule has 2 aliphatic rings. The van der Waals surface area contributed by atoms with Crippen LogP contribution in [0.1, 0.15) is 31.2 Å². The summed E-state index contributed by atoms with van der Waals surface area (Å²) in [5.74, 6) is -2.63. The average molecular weight is 463 g/mol. The second kappa shape index (κ2) is 10.6. The fourth-order valence-corrected chi connectivity index (χ4v) is 4.42. The molecular weight excluding hydrogens is 432 g/mol. The van der Waals surface area contributed by atoms with Gasteiger partial charge in [0, 0.05) is 19.5 Å². The van der Waals surface area contributed by atoms with Gasteiger partial charge in [-0.15, -0.1) is 0 Å². The summed E-state index contributed by atoms with van der Waals surface area (Å²) in [5.41, 5.74) is 6.31. The molecule has 33 heavy (non-hydrogen) atoms. The van der Waals surface area contributed by atoms with Gasteiger partial charge in [0.1, 0.15) is 29.9 Å². The van der Waals surface area contributed by atoms with Crippen molar-refractivity contribution in [2.45, 2.75) is 56.3 Å². The Hall–Kier alpha value is -3.18. The quantitative estimate of drug-likeness (QED) is 0.320. The number of carbonyl (C=O) groups is 4. The lowest BCUT2D eigenvalue weighted by Gasteiger charge is -2.30. The third-order valence-electron chi connectivity index (χ3n) is 6.16. The lowest BCUT2D eigenvalue weighted by atomic mass is 10.0. The first kappa shape index (κ1) is 24.5. The average Bonchev–Trinajstić information content (AvgIpc) is 3.48. The maximum atomic E-state index is 13.3. The van der Waals surface area contributed by atoms with Crippen molar-refractivity contribution in [2.24, 2.45) is 5.73 Å². The Morgan fingerprint density at radius 2 is 1.58 bits per heavy atom. The minimum Gasteiger partial charge on any atom is -0.508 e. The van der Waals surface area contributed by atoms with E-state index in [1.165, 1.54) is 21.9 Å². The van der Waals surface area contributed by atoms with Crippen LogP contribution < -0.4 is 11.1 Å². The van der Waals surface area contributed by atoms with Gasteiger partial charge in [0.05, 0.1) is 6.61 Å². The summed E-state index contributed by atoms with van der Waals surface area (Å²) in [6.45, 7) is 0.0444. The van der Waals surface area contributed by atoms with Crippen LogP contribution in [0.15, 0.2) is 24.3 Å². The Bertz CT molecular complexity index is 891. The molecule has 2 aliphatic heterocycles. The van der Waals surface area contributed by atoms with Crippen molar-refractivity contribution in [3.8, 4) is 5.75 Å². The lowest BCUT2D eigenvalue weighted by molar-refractivity contribution is -0.149. The summed E-state index contributed by atoms with van der Waals surface area (Å²) in [6.07, 6.45) is 1.94. The van der Waals surface area contributed by atoms with Gasteiger partial charge in [-0.2, -0.15) is 0 Å². The van der Waals surface area contributed by atoms with Crippen molar-refractivity contribution >= 4 is 23.7 Å². The SMILES string of the molecule is N[C@@H](CO)C(=O)N1CCC[C@H]1C(=O)N[C@@H](Cc1ccc(O)cc1)C(=O)N1CCC[C@H]1C(=O)O. The third kappa shape index (κ3) is 5.60. The van der Waals surface area contributed by atoms with E-state index >= 15 is 0 Å². The number of nitrogens with one attached hydrogen (secondary N) is 1. The molecule has 0 saturated carbocycles. The number of aromatic hydroxyl groups is 1. The monoisotopic (exact) mass is 462 g/mol. The van der Waals surface area contributed by atoms with Gasteiger partial charge in [0.15, 0.2) is 0 Å². The van der Waals surface area contributed by atoms with E-state index in [0.717, 1.165) is 0 Å². The molecule has 0 spiro atoms. The van der Waals surface area contributed by atoms with E-state index in [1.807, 2.05) is 0 Å². The second-order valence-corrected chi connectivity index (χ2v) is 8.44. The number of nitrogens with zero attached hydrogens (tertiary/aromatic N) is 2. The number of phenols is 1. The number of aliphatic carboxylic acids is 1. The van der Waals surface area contributed by atoms with Crippen LogP contribution in [0.25, 0.3) is 0 Å². The molecule has 2 saturated heterocycles. The number of carbonyl (C=O) groups excluding carboxylic acids is 3. The number of aliphatic hydroxyl groups excluding tert-OH is 1. The Morgan fingerprint density at radius 3 is 2.15 bits per heavy atom. The van der Waals surface area contributed by atoms with E-state index in [0.29, 0.717) is 37.8 Å². The zero-order valence-corrected chi connectivity index (χ0v) is 18.2. The second-order valence-electron chi connectivity index (χ2n) is 8.44. The van der Waals surface area contributed by atoms with Gasteiger partial charge >= 0.3 is 5.97 Å². The molecule has 1 aromatic carbocycles. The van der Waals surface area contributed by atoms with Crippen molar-refractivity contribution in [1.82, 2.24) is 15.1 Å². The first-order valence-corrected chi connectivity index (χ1v) is 11.0. The van der Waals surface area contributed by atoms with Crippen molar-refractivity contribution in [3.63, 3.8) is 0 Å². The van der Waals surface area contributed by atoms with Gasteiger partial charge in [0.2, 0.25) is 17.7 Å². The van der Waals surface area contributed by atoms with Crippen LogP contribution in [0.4, 0.5) is 0 Å². The van der Waals surface area contributed by atoms with E-state index in [4.69, 9.17) is 5.73 Å². The number of aliphatic hydroxyl groups is 1. The number of carboxylic acid groups (broad SMARTS) is 1. The molecule has 0 unspecified atom stereocenters. The van der Waals surface area contributed by atoms with Crippen LogP contribution in [-0.2, 0) is 25.6 Å². The van der Waals surface area contributed by atoms with Crippen LogP contribution in [0, 0.1) is 0 Å². The van der Waals surface area contributed by atoms with Crippen LogP contribution >= 0.6 is 0 Å². The number of carboxylic acids is 1. The summed E-state index contributed by atoms with van der Waals surface area (Å²) in [6, 6.07) is 2.19. The number of likely N-dealkylation sites (tertiary alicyclic amines) is 2. The molecule has 0 aliphatic carbocycles. The standard InChI is InChI=1S/C22H30N4O7/c23-15(12-27)20(30)25-9-1-3-17(25)19(29)24-16(11-13-5-7-14(28)8-6-13)21(31)26-10-2-4-18(26)22(32)33/h5-8,15-18,27-28H,1-4,9-12,23H2,(H,24,29)(H,32,33)/t15-,16-,17-,18-/m0/s1. The Kier molecular flexibility index (Phi) is 7.88. The predicted octanol–water partition coefficient (Wildman–Crippen LogP) is -1.19. The number of benzene rings is 1. The molecule has 11 nitrogen and oxygen atoms in total. The van der Waals surface area contributed by atoms with Crippen molar-refractivity contribution in [3.05, 3.63) is 29.8 Å². The fourth-order valence-electron chi connectivity index (χ4n) is 4.42. The Balaban J connectivity index is 1.80. The minimum absolute atomic E-state index is 0.0523. The van der Waals surface area contributed by atoms with Crippen molar-refractivity contribution < 1.29 is 34.5 Å². The van der Waals surface area contributed by atoms with E-state index in [9.17, 15) is 34.5 Å². The summed E-state index contributed by atoms with van der Waals surface area (Å²) in [4.78, 5) is 53.1. The smallest absolute Gasteiger partial charge is 0.326 e. The van der Waals surface area contributed by atoms with Gasteiger partial charge in [0.25, 0.3) is 0 Å². The summed E-state index contributed by atoms with van der Waals surface area (Å²) < 4.78 is 0. The van der Waals surface area contributed by atoms with Gasteiger partial charge < -0.3 is 36.2 Å². The van der Waals surface area contributed by atoms with Crippen LogP contribution in [0.3, 0.4) is 0 Å². The maximum Gasteiger partial charge on any atom is 0.326 e. The highest BCUT2D eigenvalue weighted by Gasteiger charge is 2.40. The molecule has 3 amide bonds. The van der Waals surface area contributed by atoms with Gasteiger partial charge in [-0.25, -0.2) is 4.79 Å². The molecule has 3 rings (SSSR count). The Labute approximate surface area is 191 Å². The molecule has 2 heterocycles. The zero-order chi connectivity index (χ0) is 24.1. The number of nitrogens with two attached hydrogens (primary N) is 1. The van der Waals surface area contributed by atoms with Gasteiger partial charge in [-0.1, -0.05) is 12.1 Å². The van der Waals surface area contributed by atoms with E-state index in [2.05, 4.69) is 5.32 Å². The van der Waals surface area contributed by atoms with E-state index < -0.39 is 54.5 Å². The largest absolute Gasteiger partial charge is 0.508 e. The maximum absolute atomic E-state index is 13.3. The molecule has 4 atom stereocenters. The molecule has 11 heteroatoms. The molecular formula is C22H30N4O7. The lowest BCUT2D eigenvalue weighted by Crippen LogP contribution is -2.57. The van der Waals surface area contributed by atoms with Gasteiger partial charge in [-0.3, -0.25) is 14.4 Å². The molecule has 1 aromatic rings. The molecule has 6 N–H and O–H groups in total. The minimum atomic E-state index is -1.13. The van der Waals surface area contributed by atoms with Crippen LogP contribution in [0.2, 0.25) is 0 Å². The summed E-state index contributed by atoms with van der Waals surface area (Å²) in [5, 5.41) is 30.9. The molecule has 180 valence electrons. The number of rotatable bonds is 8. The number of hydrogen-bond acceptors (Lipinski definition) is 7. The first-order valence-electron chi connectivity index (χ1n) is 11.0. The van der Waals surface area contributed by atoms with Crippen molar-refractivity contribution in [1.29, 1.82) is 0 Å². The molecule has 0 radical (unpaired) electrons. The van der Waals surface area contributed by atoms with Gasteiger partial charge in [-0.05, 0) is 43.4 Å². The highest BCUT2D eigenvalue weighted by atomic mass is 16.4. The number of phenolic OH excluding ortho intramolecular Hbond substituents is 1. The highest BCUT2D eigenvalue weighted by molar-refractivity contribution is 5.94. The predicted molar refractivity (Wildman–Crippen MR) is 116 cm³/mol. The van der Waals surface area contributed by atoms with Crippen molar-refractivity contribution in [2.75, 3.05) is 19.7 Å². The molecule has 2 fully saturated rings. The van der Waals surface area contributed by atoms with Crippen LogP contribution in [-0.4, -0.2) is 92.7 Å². The summed E-state index contributed by atoms with van der Waals surface area (Å²) in [7, 11) is 0. The van der Waals surface area contributed by atoms with E-state index in [-0.39, 0.29) is 18.7 Å². The number of hydrogen-bond donors (Lipinski definition) is 5. The highest BCUT2D eigenvalue weighted by Crippen LogP contribution is 2.22. The fraction of sp³-hybridized carbons (Fsp3) is 0.545. The topological polar surface area (TPSA) is 174 Å². The third-order valence-corrected chi connectivity index (χ3v) is 6.16. The number of amides is 3. The molecule has 0 bridgehead atoms. The van der Waals surface area contributed by atoms with Crippen LogP contribution in [0.5, 0.6) is 5.75 Å². The summed E-state index contributed by atoms with van der Waals surface area (Å²) >= 11 is 0. The Morgan fingerprint density at radius 1 is 1.00 bits per heavy atom. The first-order chi connectivity index (χ1) is 15.7. The van der Waals surface area contributed by atoms with E-state index in [1.54, 1.807) is 12.1 Å².